The van der Waals surface area contributed by atoms with Crippen molar-refractivity contribution in [2.75, 3.05) is 38.2 Å². The molecule has 1 aromatic heterocycles. The Morgan fingerprint density at radius 3 is 2.58 bits per heavy atom. The third-order valence-corrected chi connectivity index (χ3v) is 5.98. The summed E-state index contributed by atoms with van der Waals surface area (Å²) in [6, 6.07) is 16.8. The largest absolute Gasteiger partial charge is 0.504 e. The smallest absolute Gasteiger partial charge is 0.342 e. The van der Waals surface area contributed by atoms with Gasteiger partial charge in [-0.2, -0.15) is 0 Å². The Labute approximate surface area is 212 Å². The van der Waals surface area contributed by atoms with Crippen LogP contribution in [0.2, 0.25) is 0 Å². The predicted molar refractivity (Wildman–Crippen MR) is 138 cm³/mol. The number of phenols is 1. The van der Waals surface area contributed by atoms with E-state index in [1.54, 1.807) is 30.5 Å². The van der Waals surface area contributed by atoms with Gasteiger partial charge in [0.25, 0.3) is 0 Å². The summed E-state index contributed by atoms with van der Waals surface area (Å²) >= 11 is 0. The van der Waals surface area contributed by atoms with Crippen LogP contribution in [0.1, 0.15) is 35.3 Å². The van der Waals surface area contributed by atoms with Crippen LogP contribution in [0.15, 0.2) is 60.8 Å². The lowest BCUT2D eigenvalue weighted by atomic mass is 10.1. The van der Waals surface area contributed by atoms with Gasteiger partial charge in [-0.1, -0.05) is 18.2 Å². The van der Waals surface area contributed by atoms with E-state index in [4.69, 9.17) is 14.2 Å². The zero-order valence-corrected chi connectivity index (χ0v) is 21.0. The van der Waals surface area contributed by atoms with Crippen molar-refractivity contribution in [1.82, 2.24) is 9.88 Å². The number of rotatable bonds is 9. The quantitative estimate of drug-likeness (QED) is 0.445. The molecule has 1 saturated heterocycles. The van der Waals surface area contributed by atoms with E-state index in [-0.39, 0.29) is 17.8 Å². The van der Waals surface area contributed by atoms with E-state index in [1.807, 2.05) is 32.0 Å². The molecule has 2 heterocycles. The number of pyridine rings is 1. The third kappa shape index (κ3) is 6.46. The molecule has 3 aromatic rings. The summed E-state index contributed by atoms with van der Waals surface area (Å²) in [7, 11) is 1.53. The van der Waals surface area contributed by atoms with E-state index in [0.717, 1.165) is 44.0 Å². The van der Waals surface area contributed by atoms with Crippen molar-refractivity contribution in [3.05, 3.63) is 77.5 Å². The highest BCUT2D eigenvalue weighted by Crippen LogP contribution is 2.27. The van der Waals surface area contributed by atoms with E-state index in [1.165, 1.54) is 12.7 Å². The fourth-order valence-corrected chi connectivity index (χ4v) is 4.17. The Morgan fingerprint density at radius 1 is 1.03 bits per heavy atom. The van der Waals surface area contributed by atoms with E-state index >= 15 is 0 Å². The number of piperazine rings is 1. The maximum Gasteiger partial charge on any atom is 0.342 e. The van der Waals surface area contributed by atoms with Crippen LogP contribution in [0.3, 0.4) is 0 Å². The Bertz CT molecular complexity index is 1180. The monoisotopic (exact) mass is 491 g/mol. The Hall–Kier alpha value is -3.78. The van der Waals surface area contributed by atoms with Gasteiger partial charge in [0, 0.05) is 38.9 Å². The standard InChI is InChI=1S/C28H33N3O5/c1-20(2)36-28(33)24-8-5-11-29-27(24)31-14-12-30(13-15-31)18-21-6-4-7-23(16-21)35-19-22-9-10-25(32)26(17-22)34-3/h4-11,16-17,20,32H,12-15,18-19H2,1-3H3. The maximum atomic E-state index is 12.5. The number of anilines is 1. The number of benzene rings is 2. The van der Waals surface area contributed by atoms with E-state index < -0.39 is 0 Å². The molecule has 0 amide bonds. The number of carbonyl (C=O) groups is 1. The predicted octanol–water partition coefficient (Wildman–Crippen LogP) is 4.26. The molecule has 0 saturated carbocycles. The molecule has 2 aromatic carbocycles. The van der Waals surface area contributed by atoms with Crippen LogP contribution in [0.4, 0.5) is 5.82 Å². The Kier molecular flexibility index (Phi) is 8.28. The van der Waals surface area contributed by atoms with Gasteiger partial charge in [-0.15, -0.1) is 0 Å². The molecule has 0 radical (unpaired) electrons. The molecule has 0 spiro atoms. The van der Waals surface area contributed by atoms with Gasteiger partial charge in [0.15, 0.2) is 11.5 Å². The van der Waals surface area contributed by atoms with Gasteiger partial charge < -0.3 is 24.2 Å². The lowest BCUT2D eigenvalue weighted by Gasteiger charge is -2.36. The van der Waals surface area contributed by atoms with Crippen molar-refractivity contribution in [2.24, 2.45) is 0 Å². The number of nitrogens with zero attached hydrogens (tertiary/aromatic N) is 3. The van der Waals surface area contributed by atoms with Crippen LogP contribution in [0.25, 0.3) is 0 Å². The fraction of sp³-hybridized carbons (Fsp3) is 0.357. The molecule has 0 atom stereocenters. The SMILES string of the molecule is COc1cc(COc2cccc(CN3CCN(c4ncccc4C(=O)OC(C)C)CC3)c2)ccc1O. The van der Waals surface area contributed by atoms with Gasteiger partial charge in [0.2, 0.25) is 0 Å². The van der Waals surface area contributed by atoms with E-state index in [9.17, 15) is 9.90 Å². The second kappa shape index (κ2) is 11.8. The van der Waals surface area contributed by atoms with Crippen molar-refractivity contribution in [3.8, 4) is 17.2 Å². The average molecular weight is 492 g/mol. The fourth-order valence-electron chi connectivity index (χ4n) is 4.17. The zero-order valence-electron chi connectivity index (χ0n) is 21.0. The van der Waals surface area contributed by atoms with Gasteiger partial charge in [0.05, 0.1) is 13.2 Å². The van der Waals surface area contributed by atoms with Gasteiger partial charge >= 0.3 is 5.97 Å². The molecule has 0 unspecified atom stereocenters. The second-order valence-electron chi connectivity index (χ2n) is 9.03. The van der Waals surface area contributed by atoms with Crippen molar-refractivity contribution in [2.45, 2.75) is 33.1 Å². The second-order valence-corrected chi connectivity index (χ2v) is 9.03. The number of ether oxygens (including phenoxy) is 3. The number of aromatic hydroxyl groups is 1. The number of hydrogen-bond acceptors (Lipinski definition) is 8. The van der Waals surface area contributed by atoms with Crippen LogP contribution in [-0.2, 0) is 17.9 Å². The van der Waals surface area contributed by atoms with E-state index in [2.05, 4.69) is 26.9 Å². The molecule has 8 nitrogen and oxygen atoms in total. The number of phenolic OH excluding ortho intramolecular Hbond substituents is 1. The van der Waals surface area contributed by atoms with Gasteiger partial charge in [-0.05, 0) is 61.4 Å². The van der Waals surface area contributed by atoms with Crippen LogP contribution in [-0.4, -0.2) is 60.4 Å². The Balaban J connectivity index is 1.32. The maximum absolute atomic E-state index is 12.5. The number of hydrogen-bond donors (Lipinski definition) is 1. The lowest BCUT2D eigenvalue weighted by Crippen LogP contribution is -2.46. The average Bonchev–Trinajstić information content (AvgIpc) is 2.88. The van der Waals surface area contributed by atoms with Crippen molar-refractivity contribution in [1.29, 1.82) is 0 Å². The van der Waals surface area contributed by atoms with Crippen LogP contribution >= 0.6 is 0 Å². The molecular formula is C28H33N3O5. The van der Waals surface area contributed by atoms with E-state index in [0.29, 0.717) is 23.7 Å². The minimum Gasteiger partial charge on any atom is -0.504 e. The summed E-state index contributed by atoms with van der Waals surface area (Å²) in [5.41, 5.74) is 2.59. The van der Waals surface area contributed by atoms with Gasteiger partial charge in [-0.3, -0.25) is 4.90 Å². The summed E-state index contributed by atoms with van der Waals surface area (Å²) in [4.78, 5) is 21.5. The summed E-state index contributed by atoms with van der Waals surface area (Å²) in [5, 5.41) is 9.77. The van der Waals surface area contributed by atoms with Crippen molar-refractivity contribution in [3.63, 3.8) is 0 Å². The van der Waals surface area contributed by atoms with Crippen molar-refractivity contribution >= 4 is 11.8 Å². The van der Waals surface area contributed by atoms with Crippen molar-refractivity contribution < 1.29 is 24.1 Å². The molecular weight excluding hydrogens is 458 g/mol. The molecule has 1 N–H and O–H groups in total. The molecule has 1 aliphatic rings. The molecule has 0 bridgehead atoms. The Morgan fingerprint density at radius 2 is 1.83 bits per heavy atom. The third-order valence-electron chi connectivity index (χ3n) is 5.98. The van der Waals surface area contributed by atoms with Gasteiger partial charge in [0.1, 0.15) is 23.7 Å². The zero-order chi connectivity index (χ0) is 25.5. The highest BCUT2D eigenvalue weighted by Gasteiger charge is 2.23. The first-order valence-corrected chi connectivity index (χ1v) is 12.1. The first kappa shape index (κ1) is 25.3. The summed E-state index contributed by atoms with van der Waals surface area (Å²) in [5.74, 6) is 1.68. The summed E-state index contributed by atoms with van der Waals surface area (Å²) in [6.07, 6.45) is 1.54. The molecule has 36 heavy (non-hydrogen) atoms. The number of carbonyl (C=O) groups excluding carboxylic acids is 1. The number of methoxy groups -OCH3 is 1. The highest BCUT2D eigenvalue weighted by molar-refractivity contribution is 5.94. The summed E-state index contributed by atoms with van der Waals surface area (Å²) < 4.78 is 16.6. The molecule has 1 fully saturated rings. The first-order chi connectivity index (χ1) is 17.4. The number of aromatic nitrogens is 1. The highest BCUT2D eigenvalue weighted by atomic mass is 16.5. The minimum atomic E-state index is -0.335. The number of esters is 1. The molecule has 190 valence electrons. The van der Waals surface area contributed by atoms with Gasteiger partial charge in [-0.25, -0.2) is 9.78 Å². The summed E-state index contributed by atoms with van der Waals surface area (Å²) in [6.45, 7) is 8.14. The normalized spacial score (nSPS) is 14.1. The lowest BCUT2D eigenvalue weighted by molar-refractivity contribution is 0.0378. The van der Waals surface area contributed by atoms with Crippen LogP contribution < -0.4 is 14.4 Å². The van der Waals surface area contributed by atoms with Crippen LogP contribution in [0.5, 0.6) is 17.2 Å². The minimum absolute atomic E-state index is 0.109. The molecule has 1 aliphatic heterocycles. The molecule has 4 rings (SSSR count). The molecule has 8 heteroatoms. The first-order valence-electron chi connectivity index (χ1n) is 12.1. The molecule has 0 aliphatic carbocycles. The van der Waals surface area contributed by atoms with Crippen LogP contribution in [0, 0.1) is 0 Å². The topological polar surface area (TPSA) is 84.4 Å².